The molecule has 0 spiro atoms. The van der Waals surface area contributed by atoms with E-state index in [1.807, 2.05) is 45.0 Å². The first-order valence-corrected chi connectivity index (χ1v) is 7.86. The van der Waals surface area contributed by atoms with E-state index in [1.54, 1.807) is 12.3 Å². The maximum Gasteiger partial charge on any atom is 0.270 e. The van der Waals surface area contributed by atoms with Crippen LogP contribution in [0.2, 0.25) is 0 Å². The number of fused-ring (bicyclic) bond motifs is 1. The molecule has 126 valence electrons. The third kappa shape index (κ3) is 3.95. The zero-order chi connectivity index (χ0) is 17.2. The van der Waals surface area contributed by atoms with Gasteiger partial charge in [-0.25, -0.2) is 0 Å². The lowest BCUT2D eigenvalue weighted by Gasteiger charge is -2.20. The first-order chi connectivity index (χ1) is 11.4. The number of rotatable bonds is 3. The van der Waals surface area contributed by atoms with Gasteiger partial charge in [0.15, 0.2) is 11.5 Å². The molecule has 0 fully saturated rings. The molecule has 1 amide bonds. The Labute approximate surface area is 141 Å². The number of carbonyl (C=O) groups excluding carboxylic acids is 1. The summed E-state index contributed by atoms with van der Waals surface area (Å²) in [5.41, 5.74) is 1.69. The van der Waals surface area contributed by atoms with Crippen molar-refractivity contribution in [1.29, 1.82) is 0 Å². The largest absolute Gasteiger partial charge is 0.486 e. The van der Waals surface area contributed by atoms with Gasteiger partial charge in [0.25, 0.3) is 5.91 Å². The monoisotopic (exact) mass is 327 g/mol. The van der Waals surface area contributed by atoms with Gasteiger partial charge in [0.1, 0.15) is 18.9 Å². The number of pyridine rings is 1. The summed E-state index contributed by atoms with van der Waals surface area (Å²) in [6, 6.07) is 9.18. The van der Waals surface area contributed by atoms with E-state index >= 15 is 0 Å². The van der Waals surface area contributed by atoms with Crippen LogP contribution in [0.15, 0.2) is 36.5 Å². The van der Waals surface area contributed by atoms with Gasteiger partial charge in [0, 0.05) is 29.2 Å². The molecular formula is C18H21N3O3. The summed E-state index contributed by atoms with van der Waals surface area (Å²) >= 11 is 0. The van der Waals surface area contributed by atoms with E-state index in [1.165, 1.54) is 0 Å². The Morgan fingerprint density at radius 3 is 2.50 bits per heavy atom. The molecule has 24 heavy (non-hydrogen) atoms. The van der Waals surface area contributed by atoms with Gasteiger partial charge in [0.2, 0.25) is 0 Å². The molecule has 0 radical (unpaired) electrons. The lowest BCUT2D eigenvalue weighted by atomic mass is 10.1. The van der Waals surface area contributed by atoms with Crippen LogP contribution in [0.4, 0.5) is 11.4 Å². The second kappa shape index (κ2) is 6.39. The first kappa shape index (κ1) is 16.1. The molecule has 3 rings (SSSR count). The Hall–Kier alpha value is -2.76. The molecule has 1 aliphatic heterocycles. The van der Waals surface area contributed by atoms with Gasteiger partial charge in [0.05, 0.1) is 0 Å². The lowest BCUT2D eigenvalue weighted by Crippen LogP contribution is -2.40. The van der Waals surface area contributed by atoms with Crippen LogP contribution in [0, 0.1) is 0 Å². The Bertz CT molecular complexity index is 753. The summed E-state index contributed by atoms with van der Waals surface area (Å²) in [4.78, 5) is 16.4. The van der Waals surface area contributed by atoms with Crippen LogP contribution in [0.1, 0.15) is 31.3 Å². The average Bonchev–Trinajstić information content (AvgIpc) is 2.53. The zero-order valence-corrected chi connectivity index (χ0v) is 14.1. The summed E-state index contributed by atoms with van der Waals surface area (Å²) in [5, 5.41) is 6.16. The molecule has 2 heterocycles. The molecule has 6 heteroatoms. The van der Waals surface area contributed by atoms with Gasteiger partial charge in [-0.3, -0.25) is 9.78 Å². The van der Waals surface area contributed by atoms with Crippen LogP contribution < -0.4 is 20.1 Å². The Morgan fingerprint density at radius 1 is 1.04 bits per heavy atom. The SMILES string of the molecule is CC(C)(C)NC(=O)c1cc(Nc2ccc3c(c2)OCCO3)ccn1. The summed E-state index contributed by atoms with van der Waals surface area (Å²) in [7, 11) is 0. The zero-order valence-electron chi connectivity index (χ0n) is 14.1. The quantitative estimate of drug-likeness (QED) is 0.906. The van der Waals surface area contributed by atoms with Crippen molar-refractivity contribution in [3.63, 3.8) is 0 Å². The number of nitrogens with one attached hydrogen (secondary N) is 2. The van der Waals surface area contributed by atoms with E-state index in [9.17, 15) is 4.79 Å². The van der Waals surface area contributed by atoms with Gasteiger partial charge >= 0.3 is 0 Å². The predicted molar refractivity (Wildman–Crippen MR) is 92.2 cm³/mol. The van der Waals surface area contributed by atoms with E-state index in [2.05, 4.69) is 15.6 Å². The van der Waals surface area contributed by atoms with E-state index < -0.39 is 0 Å². The smallest absolute Gasteiger partial charge is 0.270 e. The van der Waals surface area contributed by atoms with Crippen molar-refractivity contribution in [2.75, 3.05) is 18.5 Å². The minimum absolute atomic E-state index is 0.201. The lowest BCUT2D eigenvalue weighted by molar-refractivity contribution is 0.0914. The Kier molecular flexibility index (Phi) is 4.29. The van der Waals surface area contributed by atoms with Gasteiger partial charge in [-0.05, 0) is 45.0 Å². The van der Waals surface area contributed by atoms with Crippen LogP contribution in [-0.4, -0.2) is 29.6 Å². The highest BCUT2D eigenvalue weighted by Gasteiger charge is 2.17. The molecule has 1 aromatic heterocycles. The molecule has 1 aliphatic rings. The van der Waals surface area contributed by atoms with Crippen LogP contribution >= 0.6 is 0 Å². The Balaban J connectivity index is 1.76. The fourth-order valence-corrected chi connectivity index (χ4v) is 2.32. The van der Waals surface area contributed by atoms with E-state index in [-0.39, 0.29) is 11.4 Å². The van der Waals surface area contributed by atoms with E-state index in [0.717, 1.165) is 17.1 Å². The molecule has 0 bridgehead atoms. The number of ether oxygens (including phenoxy) is 2. The van der Waals surface area contributed by atoms with E-state index in [4.69, 9.17) is 9.47 Å². The fourth-order valence-electron chi connectivity index (χ4n) is 2.32. The molecule has 0 atom stereocenters. The number of amides is 1. The van der Waals surface area contributed by atoms with Crippen molar-refractivity contribution in [2.24, 2.45) is 0 Å². The number of hydrogen-bond acceptors (Lipinski definition) is 5. The number of benzene rings is 1. The molecule has 2 N–H and O–H groups in total. The van der Waals surface area contributed by atoms with E-state index in [0.29, 0.717) is 24.7 Å². The summed E-state index contributed by atoms with van der Waals surface area (Å²) < 4.78 is 11.1. The highest BCUT2D eigenvalue weighted by molar-refractivity contribution is 5.93. The van der Waals surface area contributed by atoms with Gasteiger partial charge in [-0.2, -0.15) is 0 Å². The number of nitrogens with zero attached hydrogens (tertiary/aromatic N) is 1. The van der Waals surface area contributed by atoms with Gasteiger partial charge in [-0.15, -0.1) is 0 Å². The molecule has 6 nitrogen and oxygen atoms in total. The van der Waals surface area contributed by atoms with Crippen LogP contribution in [0.25, 0.3) is 0 Å². The highest BCUT2D eigenvalue weighted by Crippen LogP contribution is 2.33. The summed E-state index contributed by atoms with van der Waals surface area (Å²) in [5.74, 6) is 1.26. The fraction of sp³-hybridized carbons (Fsp3) is 0.333. The first-order valence-electron chi connectivity index (χ1n) is 7.86. The standard InChI is InChI=1S/C18H21N3O3/c1-18(2,3)21-17(22)14-10-13(6-7-19-14)20-12-4-5-15-16(11-12)24-9-8-23-15/h4-7,10-11H,8-9H2,1-3H3,(H,19,20)(H,21,22). The van der Waals surface area contributed by atoms with Gasteiger partial charge in [-0.1, -0.05) is 0 Å². The second-order valence-corrected chi connectivity index (χ2v) is 6.62. The summed E-state index contributed by atoms with van der Waals surface area (Å²) in [6.45, 7) is 6.91. The van der Waals surface area contributed by atoms with Gasteiger partial charge < -0.3 is 20.1 Å². The molecule has 2 aromatic rings. The van der Waals surface area contributed by atoms with Crippen molar-refractivity contribution in [1.82, 2.24) is 10.3 Å². The Morgan fingerprint density at radius 2 is 1.75 bits per heavy atom. The number of aromatic nitrogens is 1. The third-order valence-electron chi connectivity index (χ3n) is 3.31. The van der Waals surface area contributed by atoms with Crippen molar-refractivity contribution in [3.8, 4) is 11.5 Å². The van der Waals surface area contributed by atoms with Crippen molar-refractivity contribution < 1.29 is 14.3 Å². The third-order valence-corrected chi connectivity index (χ3v) is 3.31. The molecule has 0 saturated carbocycles. The normalized spacial score (nSPS) is 13.3. The van der Waals surface area contributed by atoms with Crippen LogP contribution in [0.5, 0.6) is 11.5 Å². The van der Waals surface area contributed by atoms with Crippen LogP contribution in [0.3, 0.4) is 0 Å². The number of hydrogen-bond donors (Lipinski definition) is 2. The maximum absolute atomic E-state index is 12.2. The topological polar surface area (TPSA) is 72.5 Å². The maximum atomic E-state index is 12.2. The molecular weight excluding hydrogens is 306 g/mol. The number of carbonyl (C=O) groups is 1. The van der Waals surface area contributed by atoms with Crippen molar-refractivity contribution in [2.45, 2.75) is 26.3 Å². The molecule has 0 aliphatic carbocycles. The molecule has 0 unspecified atom stereocenters. The number of anilines is 2. The predicted octanol–water partition coefficient (Wildman–Crippen LogP) is 3.12. The second-order valence-electron chi connectivity index (χ2n) is 6.62. The highest BCUT2D eigenvalue weighted by atomic mass is 16.6. The van der Waals surface area contributed by atoms with Crippen molar-refractivity contribution in [3.05, 3.63) is 42.2 Å². The minimum Gasteiger partial charge on any atom is -0.486 e. The van der Waals surface area contributed by atoms with Crippen molar-refractivity contribution >= 4 is 17.3 Å². The molecule has 0 saturated heterocycles. The average molecular weight is 327 g/mol. The van der Waals surface area contributed by atoms with Crippen LogP contribution in [-0.2, 0) is 0 Å². The minimum atomic E-state index is -0.308. The molecule has 1 aromatic carbocycles. The summed E-state index contributed by atoms with van der Waals surface area (Å²) in [6.07, 6.45) is 1.61.